The zero-order valence-electron chi connectivity index (χ0n) is 11.6. The van der Waals surface area contributed by atoms with Crippen LogP contribution in [0.5, 0.6) is 0 Å². The second kappa shape index (κ2) is 6.88. The molecule has 1 saturated carbocycles. The highest BCUT2D eigenvalue weighted by atomic mass is 19.4. The molecule has 22 heavy (non-hydrogen) atoms. The molecule has 1 rings (SSSR count). The Morgan fingerprint density at radius 3 is 2.23 bits per heavy atom. The summed E-state index contributed by atoms with van der Waals surface area (Å²) in [5, 5.41) is 9.11. The van der Waals surface area contributed by atoms with Crippen molar-refractivity contribution in [3.8, 4) is 0 Å². The number of nitrogens with two attached hydrogens (primary N) is 1. The van der Waals surface area contributed by atoms with Crippen LogP contribution in [-0.4, -0.2) is 35.6 Å². The molecule has 3 unspecified atom stereocenters. The van der Waals surface area contributed by atoms with E-state index in [0.29, 0.717) is 12.8 Å². The highest BCUT2D eigenvalue weighted by molar-refractivity contribution is 4.83. The number of hydrogen-bond acceptors (Lipinski definition) is 3. The van der Waals surface area contributed by atoms with E-state index in [4.69, 9.17) is 10.8 Å². The summed E-state index contributed by atoms with van der Waals surface area (Å²) < 4.78 is 91.0. The molecular weight excluding hydrogens is 323 g/mol. The van der Waals surface area contributed by atoms with Gasteiger partial charge in [-0.1, -0.05) is 12.8 Å². The van der Waals surface area contributed by atoms with Gasteiger partial charge in [0.05, 0.1) is 6.10 Å². The highest BCUT2D eigenvalue weighted by Gasteiger charge is 2.51. The Bertz CT molecular complexity index is 360. The minimum Gasteiger partial charge on any atom is -0.368 e. The average Bonchev–Trinajstić information content (AvgIpc) is 2.35. The van der Waals surface area contributed by atoms with E-state index in [0.717, 1.165) is 0 Å². The molecule has 1 aliphatic rings. The van der Waals surface area contributed by atoms with E-state index in [-0.39, 0.29) is 19.3 Å². The number of rotatable bonds is 6. The van der Waals surface area contributed by atoms with Crippen LogP contribution in [0.4, 0.5) is 30.7 Å². The zero-order chi connectivity index (χ0) is 17.2. The molecule has 0 aromatic rings. The molecule has 1 aliphatic carbocycles. The van der Waals surface area contributed by atoms with E-state index in [1.807, 2.05) is 0 Å². The first-order valence-electron chi connectivity index (χ1n) is 6.77. The topological polar surface area (TPSA) is 55.5 Å². The molecular formula is C12H18F7NO2. The van der Waals surface area contributed by atoms with Crippen molar-refractivity contribution in [1.82, 2.24) is 0 Å². The van der Waals surface area contributed by atoms with Gasteiger partial charge in [0.1, 0.15) is 0 Å². The highest BCUT2D eigenvalue weighted by Crippen LogP contribution is 2.37. The van der Waals surface area contributed by atoms with Crippen LogP contribution >= 0.6 is 0 Å². The lowest BCUT2D eigenvalue weighted by Crippen LogP contribution is -2.53. The molecule has 3 N–H and O–H groups in total. The smallest absolute Gasteiger partial charge is 0.368 e. The maximum atomic E-state index is 12.8. The van der Waals surface area contributed by atoms with Gasteiger partial charge in [-0.05, 0) is 31.6 Å². The van der Waals surface area contributed by atoms with Gasteiger partial charge in [-0.15, -0.1) is 0 Å². The Kier molecular flexibility index (Phi) is 6.07. The summed E-state index contributed by atoms with van der Waals surface area (Å²) in [4.78, 5) is 0. The second-order valence-corrected chi connectivity index (χ2v) is 5.60. The van der Waals surface area contributed by atoms with Crippen molar-refractivity contribution in [1.29, 1.82) is 0 Å². The van der Waals surface area contributed by atoms with Crippen LogP contribution < -0.4 is 5.73 Å². The van der Waals surface area contributed by atoms with E-state index in [1.54, 1.807) is 0 Å². The third-order valence-electron chi connectivity index (χ3n) is 3.74. The minimum atomic E-state index is -5.00. The van der Waals surface area contributed by atoms with Crippen LogP contribution in [0.1, 0.15) is 38.5 Å². The van der Waals surface area contributed by atoms with Gasteiger partial charge in [0.15, 0.2) is 0 Å². The summed E-state index contributed by atoms with van der Waals surface area (Å²) >= 11 is 0. The SMILES string of the molecule is NC(O)(CCC1CCCC(OC(F)(F)C(F)F)C1)C(F)(F)F. The first kappa shape index (κ1) is 19.4. The van der Waals surface area contributed by atoms with Gasteiger partial charge in [0, 0.05) is 0 Å². The molecule has 3 atom stereocenters. The maximum absolute atomic E-state index is 12.8. The second-order valence-electron chi connectivity index (χ2n) is 5.60. The number of halogens is 7. The minimum absolute atomic E-state index is 0.0732. The van der Waals surface area contributed by atoms with Crippen molar-refractivity contribution in [2.75, 3.05) is 0 Å². The van der Waals surface area contributed by atoms with Crippen LogP contribution in [-0.2, 0) is 4.74 Å². The van der Waals surface area contributed by atoms with Crippen LogP contribution in [0, 0.1) is 5.92 Å². The first-order chi connectivity index (χ1) is 9.85. The lowest BCUT2D eigenvalue weighted by atomic mass is 9.83. The first-order valence-corrected chi connectivity index (χ1v) is 6.77. The summed E-state index contributed by atoms with van der Waals surface area (Å²) in [5.74, 6) is -0.454. The molecule has 3 nitrogen and oxygen atoms in total. The van der Waals surface area contributed by atoms with Gasteiger partial charge in [0.25, 0.3) is 0 Å². The summed E-state index contributed by atoms with van der Waals surface area (Å²) in [5.41, 5.74) is 1.41. The van der Waals surface area contributed by atoms with Gasteiger partial charge in [-0.25, -0.2) is 8.78 Å². The van der Waals surface area contributed by atoms with Gasteiger partial charge < -0.3 is 9.84 Å². The molecule has 0 radical (unpaired) electrons. The van der Waals surface area contributed by atoms with Crippen LogP contribution in [0.2, 0.25) is 0 Å². The third-order valence-corrected chi connectivity index (χ3v) is 3.74. The molecule has 0 aromatic carbocycles. The quantitative estimate of drug-likeness (QED) is 0.575. The number of aliphatic hydroxyl groups is 1. The van der Waals surface area contributed by atoms with Crippen molar-refractivity contribution in [3.05, 3.63) is 0 Å². The monoisotopic (exact) mass is 341 g/mol. The fraction of sp³-hybridized carbons (Fsp3) is 1.00. The number of ether oxygens (including phenoxy) is 1. The standard InChI is InChI=1S/C12H18F7NO2/c13-9(14)11(15,16)22-8-3-1-2-7(6-8)4-5-10(20,21)12(17,18)19/h7-9,21H,1-6,20H2. The molecule has 0 aliphatic heterocycles. The Balaban J connectivity index is 2.51. The van der Waals surface area contributed by atoms with E-state index in [2.05, 4.69) is 4.74 Å². The van der Waals surface area contributed by atoms with Crippen molar-refractivity contribution in [2.24, 2.45) is 11.7 Å². The lowest BCUT2D eigenvalue weighted by molar-refractivity contribution is -0.322. The molecule has 0 saturated heterocycles. The molecule has 0 amide bonds. The Labute approximate surface area is 122 Å². The summed E-state index contributed by atoms with van der Waals surface area (Å²) in [7, 11) is 0. The largest absolute Gasteiger partial charge is 0.430 e. The van der Waals surface area contributed by atoms with Crippen molar-refractivity contribution >= 4 is 0 Å². The average molecular weight is 341 g/mol. The predicted molar refractivity (Wildman–Crippen MR) is 62.2 cm³/mol. The van der Waals surface area contributed by atoms with E-state index < -0.39 is 42.9 Å². The lowest BCUT2D eigenvalue weighted by Gasteiger charge is -2.33. The van der Waals surface area contributed by atoms with Crippen molar-refractivity contribution in [2.45, 2.75) is 69.1 Å². The molecule has 132 valence electrons. The number of alkyl halides is 7. The van der Waals surface area contributed by atoms with Gasteiger partial charge >= 0.3 is 18.7 Å². The molecule has 0 spiro atoms. The van der Waals surface area contributed by atoms with Crippen LogP contribution in [0.25, 0.3) is 0 Å². The molecule has 1 fully saturated rings. The van der Waals surface area contributed by atoms with E-state index in [9.17, 15) is 30.7 Å². The normalized spacial score (nSPS) is 27.0. The fourth-order valence-corrected chi connectivity index (χ4v) is 2.45. The van der Waals surface area contributed by atoms with Crippen molar-refractivity contribution < 1.29 is 40.6 Å². The number of hydrogen-bond donors (Lipinski definition) is 2. The fourth-order valence-electron chi connectivity index (χ4n) is 2.45. The van der Waals surface area contributed by atoms with E-state index >= 15 is 0 Å². The molecule has 0 aromatic heterocycles. The van der Waals surface area contributed by atoms with Gasteiger partial charge in [-0.3, -0.25) is 5.73 Å². The molecule has 0 bridgehead atoms. The Morgan fingerprint density at radius 2 is 1.73 bits per heavy atom. The molecule has 0 heterocycles. The van der Waals surface area contributed by atoms with Gasteiger partial charge in [0.2, 0.25) is 5.72 Å². The zero-order valence-corrected chi connectivity index (χ0v) is 11.6. The predicted octanol–water partition coefficient (Wildman–Crippen LogP) is 3.41. The Morgan fingerprint density at radius 1 is 1.14 bits per heavy atom. The summed E-state index contributed by atoms with van der Waals surface area (Å²) in [6.07, 6.45) is -14.8. The van der Waals surface area contributed by atoms with Crippen LogP contribution in [0.15, 0.2) is 0 Å². The van der Waals surface area contributed by atoms with E-state index in [1.165, 1.54) is 0 Å². The third kappa shape index (κ3) is 5.24. The molecule has 10 heteroatoms. The Hall–Kier alpha value is -0.610. The maximum Gasteiger partial charge on any atom is 0.430 e. The van der Waals surface area contributed by atoms with Gasteiger partial charge in [-0.2, -0.15) is 22.0 Å². The van der Waals surface area contributed by atoms with Crippen LogP contribution in [0.3, 0.4) is 0 Å². The summed E-state index contributed by atoms with van der Waals surface area (Å²) in [6.45, 7) is 0. The van der Waals surface area contributed by atoms with Crippen molar-refractivity contribution in [3.63, 3.8) is 0 Å². The summed E-state index contributed by atoms with van der Waals surface area (Å²) in [6, 6.07) is 0.